The number of aromatic nitrogens is 1. The number of hydrogen-bond donors (Lipinski definition) is 2. The Morgan fingerprint density at radius 3 is 2.35 bits per heavy atom. The van der Waals surface area contributed by atoms with Crippen LogP contribution in [0.4, 0.5) is 11.5 Å². The van der Waals surface area contributed by atoms with Crippen LogP contribution in [0.2, 0.25) is 0 Å². The van der Waals surface area contributed by atoms with Crippen molar-refractivity contribution in [2.45, 2.75) is 25.7 Å². The number of nitrogens with zero attached hydrogens (tertiary/aromatic N) is 2. The Morgan fingerprint density at radius 1 is 0.962 bits per heavy atom. The lowest BCUT2D eigenvalue weighted by Gasteiger charge is -2.22. The third-order valence-electron chi connectivity index (χ3n) is 4.43. The number of carbonyl (C=O) groups is 2. The molecular weight excluding hydrogens is 328 g/mol. The molecule has 0 bridgehead atoms. The first-order chi connectivity index (χ1) is 12.7. The second-order valence-electron chi connectivity index (χ2n) is 6.40. The monoisotopic (exact) mass is 352 g/mol. The van der Waals surface area contributed by atoms with Crippen LogP contribution in [-0.2, 0) is 4.79 Å². The summed E-state index contributed by atoms with van der Waals surface area (Å²) in [6, 6.07) is 12.6. The average molecular weight is 352 g/mol. The lowest BCUT2D eigenvalue weighted by atomic mass is 10.2. The highest BCUT2D eigenvalue weighted by molar-refractivity contribution is 5.99. The molecule has 0 saturated carbocycles. The minimum atomic E-state index is -0.302. The smallest absolute Gasteiger partial charge is 0.251 e. The molecule has 1 aliphatic rings. The van der Waals surface area contributed by atoms with Gasteiger partial charge in [-0.05, 0) is 37.1 Å². The molecule has 136 valence electrons. The Bertz CT molecular complexity index is 723. The molecule has 1 aromatic heterocycles. The number of nitrogens with one attached hydrogen (secondary N) is 2. The highest BCUT2D eigenvalue weighted by atomic mass is 16.2. The van der Waals surface area contributed by atoms with Crippen LogP contribution >= 0.6 is 0 Å². The van der Waals surface area contributed by atoms with E-state index in [0.29, 0.717) is 11.4 Å². The number of rotatable bonds is 5. The second kappa shape index (κ2) is 8.99. The number of benzene rings is 1. The number of anilines is 2. The SMILES string of the molecule is O=C(CNC(=O)c1ccccc1)Nc1ccc(N2CCCCCC2)cn1. The van der Waals surface area contributed by atoms with Crippen molar-refractivity contribution in [3.8, 4) is 0 Å². The fraction of sp³-hybridized carbons (Fsp3) is 0.350. The molecule has 0 radical (unpaired) electrons. The Morgan fingerprint density at radius 2 is 1.69 bits per heavy atom. The normalized spacial score (nSPS) is 14.4. The van der Waals surface area contributed by atoms with Gasteiger partial charge in [-0.2, -0.15) is 0 Å². The summed E-state index contributed by atoms with van der Waals surface area (Å²) in [5, 5.41) is 5.31. The Labute approximate surface area is 153 Å². The van der Waals surface area contributed by atoms with Crippen LogP contribution in [0.3, 0.4) is 0 Å². The van der Waals surface area contributed by atoms with E-state index in [1.807, 2.05) is 12.1 Å². The molecule has 0 aliphatic carbocycles. The van der Waals surface area contributed by atoms with Gasteiger partial charge in [-0.15, -0.1) is 0 Å². The minimum absolute atomic E-state index is 0.0940. The van der Waals surface area contributed by atoms with Crippen LogP contribution in [0.15, 0.2) is 48.7 Å². The third kappa shape index (κ3) is 5.05. The quantitative estimate of drug-likeness (QED) is 0.868. The van der Waals surface area contributed by atoms with Crippen LogP contribution in [0, 0.1) is 0 Å². The van der Waals surface area contributed by atoms with Crippen molar-refractivity contribution >= 4 is 23.3 Å². The van der Waals surface area contributed by atoms with E-state index < -0.39 is 0 Å². The summed E-state index contributed by atoms with van der Waals surface area (Å²) in [4.78, 5) is 30.6. The molecule has 26 heavy (non-hydrogen) atoms. The number of pyridine rings is 1. The van der Waals surface area contributed by atoms with Gasteiger partial charge in [0.05, 0.1) is 18.4 Å². The molecule has 1 fully saturated rings. The highest BCUT2D eigenvalue weighted by Crippen LogP contribution is 2.19. The zero-order valence-corrected chi connectivity index (χ0v) is 14.8. The molecule has 2 heterocycles. The minimum Gasteiger partial charge on any atom is -0.370 e. The lowest BCUT2D eigenvalue weighted by Crippen LogP contribution is -2.33. The molecule has 2 amide bonds. The van der Waals surface area contributed by atoms with Crippen molar-refractivity contribution in [3.05, 3.63) is 54.2 Å². The maximum Gasteiger partial charge on any atom is 0.251 e. The highest BCUT2D eigenvalue weighted by Gasteiger charge is 2.11. The van der Waals surface area contributed by atoms with Crippen LogP contribution in [0.5, 0.6) is 0 Å². The fourth-order valence-corrected chi connectivity index (χ4v) is 3.02. The van der Waals surface area contributed by atoms with E-state index in [4.69, 9.17) is 0 Å². The van der Waals surface area contributed by atoms with Gasteiger partial charge in [-0.25, -0.2) is 4.98 Å². The number of carbonyl (C=O) groups excluding carboxylic acids is 2. The molecule has 6 nitrogen and oxygen atoms in total. The van der Waals surface area contributed by atoms with Crippen LogP contribution in [0.25, 0.3) is 0 Å². The van der Waals surface area contributed by atoms with Gasteiger partial charge in [0.2, 0.25) is 5.91 Å². The predicted molar refractivity (Wildman–Crippen MR) is 102 cm³/mol. The van der Waals surface area contributed by atoms with Gasteiger partial charge >= 0.3 is 0 Å². The maximum atomic E-state index is 12.0. The zero-order chi connectivity index (χ0) is 18.2. The van der Waals surface area contributed by atoms with Crippen LogP contribution in [-0.4, -0.2) is 36.4 Å². The molecule has 2 aromatic rings. The average Bonchev–Trinajstić information content (AvgIpc) is 2.97. The van der Waals surface area contributed by atoms with Gasteiger partial charge in [0, 0.05) is 18.7 Å². The largest absolute Gasteiger partial charge is 0.370 e. The standard InChI is InChI=1S/C20H24N4O2/c25-19(15-22-20(26)16-8-4-3-5-9-16)23-18-11-10-17(14-21-18)24-12-6-1-2-7-13-24/h3-5,8-11,14H,1-2,6-7,12-13,15H2,(H,22,26)(H,21,23,25). The summed E-state index contributed by atoms with van der Waals surface area (Å²) in [6.07, 6.45) is 6.78. The topological polar surface area (TPSA) is 74.3 Å². The molecular formula is C20H24N4O2. The van der Waals surface area contributed by atoms with E-state index >= 15 is 0 Å². The molecule has 3 rings (SSSR count). The van der Waals surface area contributed by atoms with Crippen molar-refractivity contribution in [1.82, 2.24) is 10.3 Å². The predicted octanol–water partition coefficient (Wildman–Crippen LogP) is 2.83. The lowest BCUT2D eigenvalue weighted by molar-refractivity contribution is -0.115. The Kier molecular flexibility index (Phi) is 6.19. The maximum absolute atomic E-state index is 12.0. The third-order valence-corrected chi connectivity index (χ3v) is 4.43. The summed E-state index contributed by atoms with van der Waals surface area (Å²) in [6.45, 7) is 2.01. The summed E-state index contributed by atoms with van der Waals surface area (Å²) in [5.41, 5.74) is 1.61. The van der Waals surface area contributed by atoms with E-state index in [-0.39, 0.29) is 18.4 Å². The number of amides is 2. The summed E-state index contributed by atoms with van der Waals surface area (Å²) < 4.78 is 0. The van der Waals surface area contributed by atoms with E-state index in [9.17, 15) is 9.59 Å². The molecule has 6 heteroatoms. The number of hydrogen-bond acceptors (Lipinski definition) is 4. The molecule has 0 atom stereocenters. The molecule has 1 aromatic carbocycles. The van der Waals surface area contributed by atoms with Crippen molar-refractivity contribution < 1.29 is 9.59 Å². The molecule has 1 saturated heterocycles. The fourth-order valence-electron chi connectivity index (χ4n) is 3.02. The second-order valence-corrected chi connectivity index (χ2v) is 6.40. The van der Waals surface area contributed by atoms with Crippen molar-refractivity contribution in [3.63, 3.8) is 0 Å². The first kappa shape index (κ1) is 17.9. The first-order valence-electron chi connectivity index (χ1n) is 9.06. The van der Waals surface area contributed by atoms with Gasteiger partial charge in [-0.1, -0.05) is 31.0 Å². The van der Waals surface area contributed by atoms with E-state index in [1.54, 1.807) is 36.5 Å². The Balaban J connectivity index is 1.49. The molecule has 0 unspecified atom stereocenters. The van der Waals surface area contributed by atoms with Gasteiger partial charge in [0.15, 0.2) is 0 Å². The van der Waals surface area contributed by atoms with Gasteiger partial charge < -0.3 is 15.5 Å². The summed E-state index contributed by atoms with van der Waals surface area (Å²) in [5.74, 6) is -0.0861. The molecule has 1 aliphatic heterocycles. The van der Waals surface area contributed by atoms with Crippen molar-refractivity contribution in [2.75, 3.05) is 29.9 Å². The molecule has 2 N–H and O–H groups in total. The zero-order valence-electron chi connectivity index (χ0n) is 14.8. The van der Waals surface area contributed by atoms with E-state index in [2.05, 4.69) is 20.5 Å². The Hall–Kier alpha value is -2.89. The summed E-state index contributed by atoms with van der Waals surface area (Å²) >= 11 is 0. The first-order valence-corrected chi connectivity index (χ1v) is 9.06. The van der Waals surface area contributed by atoms with Crippen LogP contribution < -0.4 is 15.5 Å². The van der Waals surface area contributed by atoms with Gasteiger partial charge in [0.25, 0.3) is 5.91 Å². The van der Waals surface area contributed by atoms with E-state index in [1.165, 1.54) is 25.7 Å². The molecule has 0 spiro atoms. The van der Waals surface area contributed by atoms with Gasteiger partial charge in [-0.3, -0.25) is 9.59 Å². The van der Waals surface area contributed by atoms with E-state index in [0.717, 1.165) is 18.8 Å². The summed E-state index contributed by atoms with van der Waals surface area (Å²) in [7, 11) is 0. The van der Waals surface area contributed by atoms with Gasteiger partial charge in [0.1, 0.15) is 5.82 Å². The van der Waals surface area contributed by atoms with Crippen molar-refractivity contribution in [2.24, 2.45) is 0 Å². The van der Waals surface area contributed by atoms with Crippen molar-refractivity contribution in [1.29, 1.82) is 0 Å². The van der Waals surface area contributed by atoms with Crippen LogP contribution in [0.1, 0.15) is 36.0 Å².